The Morgan fingerprint density at radius 2 is 1.87 bits per heavy atom. The van der Waals surface area contributed by atoms with Gasteiger partial charge in [0.2, 0.25) is 5.13 Å². The SMILES string of the molecule is COc1ccc(OC)c(N=Nc2c(C)[nH]n(-c3nc(-c4ccccc4)cs3)c2=O)c1. The van der Waals surface area contributed by atoms with Crippen LogP contribution in [0.25, 0.3) is 16.4 Å². The number of rotatable bonds is 6. The lowest BCUT2D eigenvalue weighted by Crippen LogP contribution is -2.13. The summed E-state index contributed by atoms with van der Waals surface area (Å²) in [7, 11) is 3.11. The number of azo groups is 1. The molecule has 0 radical (unpaired) electrons. The minimum atomic E-state index is -0.327. The second-order valence-corrected chi connectivity index (χ2v) is 7.18. The lowest BCUT2D eigenvalue weighted by molar-refractivity contribution is 0.404. The highest BCUT2D eigenvalue weighted by atomic mass is 32.1. The van der Waals surface area contributed by atoms with Crippen LogP contribution in [-0.4, -0.2) is 29.0 Å². The molecule has 0 aliphatic rings. The van der Waals surface area contributed by atoms with E-state index in [1.807, 2.05) is 35.7 Å². The number of aromatic nitrogens is 3. The highest BCUT2D eigenvalue weighted by Crippen LogP contribution is 2.33. The van der Waals surface area contributed by atoms with Gasteiger partial charge in [0, 0.05) is 17.0 Å². The van der Waals surface area contributed by atoms with Crippen LogP contribution < -0.4 is 15.0 Å². The van der Waals surface area contributed by atoms with E-state index in [1.54, 1.807) is 39.3 Å². The number of benzene rings is 2. The van der Waals surface area contributed by atoms with Gasteiger partial charge in [0.1, 0.15) is 17.2 Å². The summed E-state index contributed by atoms with van der Waals surface area (Å²) in [6.07, 6.45) is 0. The smallest absolute Gasteiger partial charge is 0.301 e. The van der Waals surface area contributed by atoms with Crippen LogP contribution in [0.4, 0.5) is 11.4 Å². The summed E-state index contributed by atoms with van der Waals surface area (Å²) in [5.41, 5.74) is 2.72. The molecule has 8 nitrogen and oxygen atoms in total. The Morgan fingerprint density at radius 1 is 1.07 bits per heavy atom. The van der Waals surface area contributed by atoms with Crippen molar-refractivity contribution in [2.24, 2.45) is 10.2 Å². The van der Waals surface area contributed by atoms with Gasteiger partial charge in [0.25, 0.3) is 0 Å². The molecule has 0 aliphatic carbocycles. The third-order valence-electron chi connectivity index (χ3n) is 4.44. The topological polar surface area (TPSA) is 93.9 Å². The molecule has 0 aliphatic heterocycles. The van der Waals surface area contributed by atoms with E-state index in [-0.39, 0.29) is 11.2 Å². The molecule has 0 atom stereocenters. The van der Waals surface area contributed by atoms with Crippen molar-refractivity contribution in [2.45, 2.75) is 6.92 Å². The van der Waals surface area contributed by atoms with Crippen LogP contribution >= 0.6 is 11.3 Å². The van der Waals surface area contributed by atoms with Crippen molar-refractivity contribution in [3.63, 3.8) is 0 Å². The number of hydrogen-bond acceptors (Lipinski definition) is 7. The minimum Gasteiger partial charge on any atom is -0.497 e. The molecule has 30 heavy (non-hydrogen) atoms. The standard InChI is InChI=1S/C21H19N5O3S/c1-13-19(24-23-16-11-15(28-2)9-10-18(16)29-3)20(27)26(25-13)21-22-17(12-30-21)14-7-5-4-6-8-14/h4-12,25H,1-3H3. The van der Waals surface area contributed by atoms with E-state index in [4.69, 9.17) is 9.47 Å². The molecule has 4 rings (SSSR count). The molecule has 0 spiro atoms. The first kappa shape index (κ1) is 19.6. The molecule has 1 N–H and O–H groups in total. The Bertz CT molecular complexity index is 1260. The fraction of sp³-hybridized carbons (Fsp3) is 0.143. The van der Waals surface area contributed by atoms with Crippen LogP contribution in [-0.2, 0) is 0 Å². The molecular weight excluding hydrogens is 402 g/mol. The van der Waals surface area contributed by atoms with Crippen LogP contribution in [0.5, 0.6) is 11.5 Å². The third kappa shape index (κ3) is 3.74. The van der Waals surface area contributed by atoms with Crippen molar-refractivity contribution in [2.75, 3.05) is 14.2 Å². The van der Waals surface area contributed by atoms with Crippen LogP contribution in [0.1, 0.15) is 5.69 Å². The predicted molar refractivity (Wildman–Crippen MR) is 116 cm³/mol. The second kappa shape index (κ2) is 8.34. The van der Waals surface area contributed by atoms with Crippen LogP contribution in [0, 0.1) is 6.92 Å². The number of H-pyrrole nitrogens is 1. The first-order valence-corrected chi connectivity index (χ1v) is 9.95. The van der Waals surface area contributed by atoms with Gasteiger partial charge in [0.15, 0.2) is 5.69 Å². The molecule has 0 amide bonds. The van der Waals surface area contributed by atoms with Crippen LogP contribution in [0.15, 0.2) is 68.9 Å². The Kier molecular flexibility index (Phi) is 5.44. The molecule has 2 aromatic heterocycles. The number of thiazole rings is 1. The fourth-order valence-corrected chi connectivity index (χ4v) is 3.67. The molecule has 0 bridgehead atoms. The van der Waals surface area contributed by atoms with E-state index >= 15 is 0 Å². The number of nitrogens with one attached hydrogen (secondary N) is 1. The average Bonchev–Trinajstić information content (AvgIpc) is 3.37. The lowest BCUT2D eigenvalue weighted by atomic mass is 10.2. The number of hydrogen-bond donors (Lipinski definition) is 1. The van der Waals surface area contributed by atoms with Crippen molar-refractivity contribution in [1.82, 2.24) is 14.8 Å². The van der Waals surface area contributed by atoms with Gasteiger partial charge in [-0.05, 0) is 19.1 Å². The summed E-state index contributed by atoms with van der Waals surface area (Å²) in [6, 6.07) is 15.0. The normalized spacial score (nSPS) is 11.2. The zero-order valence-corrected chi connectivity index (χ0v) is 17.4. The van der Waals surface area contributed by atoms with E-state index < -0.39 is 0 Å². The molecule has 0 fully saturated rings. The second-order valence-electron chi connectivity index (χ2n) is 6.35. The third-order valence-corrected chi connectivity index (χ3v) is 5.26. The van der Waals surface area contributed by atoms with Gasteiger partial charge < -0.3 is 9.47 Å². The molecule has 0 saturated carbocycles. The Labute approximate surface area is 176 Å². The Balaban J connectivity index is 1.68. The van der Waals surface area contributed by atoms with E-state index in [2.05, 4.69) is 20.3 Å². The molecule has 2 aromatic carbocycles. The van der Waals surface area contributed by atoms with Crippen LogP contribution in [0.2, 0.25) is 0 Å². The molecule has 0 unspecified atom stereocenters. The highest BCUT2D eigenvalue weighted by molar-refractivity contribution is 7.12. The van der Waals surface area contributed by atoms with Crippen LogP contribution in [0.3, 0.4) is 0 Å². The maximum Gasteiger partial charge on any atom is 0.301 e. The number of ether oxygens (including phenoxy) is 2. The first-order valence-electron chi connectivity index (χ1n) is 9.07. The maximum absolute atomic E-state index is 12.9. The maximum atomic E-state index is 12.9. The van der Waals surface area contributed by atoms with E-state index in [9.17, 15) is 4.79 Å². The number of aromatic amines is 1. The molecule has 2 heterocycles. The zero-order chi connectivity index (χ0) is 21.1. The predicted octanol–water partition coefficient (Wildman–Crippen LogP) is 5.03. The Hall–Kier alpha value is -3.72. The molecule has 9 heteroatoms. The lowest BCUT2D eigenvalue weighted by Gasteiger charge is -2.05. The van der Waals surface area contributed by atoms with Gasteiger partial charge in [-0.25, -0.2) is 4.98 Å². The largest absolute Gasteiger partial charge is 0.497 e. The quantitative estimate of drug-likeness (QED) is 0.442. The van der Waals surface area contributed by atoms with E-state index in [0.717, 1.165) is 11.3 Å². The number of nitrogens with zero attached hydrogens (tertiary/aromatic N) is 4. The van der Waals surface area contributed by atoms with Gasteiger partial charge in [-0.3, -0.25) is 9.89 Å². The van der Waals surface area contributed by atoms with Crippen molar-refractivity contribution in [1.29, 1.82) is 0 Å². The van der Waals surface area contributed by atoms with E-state index in [0.29, 0.717) is 28.0 Å². The Morgan fingerprint density at radius 3 is 2.60 bits per heavy atom. The summed E-state index contributed by atoms with van der Waals surface area (Å²) in [5.74, 6) is 1.14. The summed E-state index contributed by atoms with van der Waals surface area (Å²) in [4.78, 5) is 17.5. The molecule has 0 saturated heterocycles. The van der Waals surface area contributed by atoms with E-state index in [1.165, 1.54) is 16.0 Å². The van der Waals surface area contributed by atoms with Gasteiger partial charge in [0.05, 0.1) is 25.6 Å². The molecular formula is C21H19N5O3S. The summed E-state index contributed by atoms with van der Waals surface area (Å²) in [5, 5.41) is 13.8. The number of aryl methyl sites for hydroxylation is 1. The fourth-order valence-electron chi connectivity index (χ4n) is 2.88. The first-order chi connectivity index (χ1) is 14.6. The van der Waals surface area contributed by atoms with Gasteiger partial charge in [-0.2, -0.15) is 4.68 Å². The number of methoxy groups -OCH3 is 2. The van der Waals surface area contributed by atoms with Crippen molar-refractivity contribution in [3.8, 4) is 27.9 Å². The summed E-state index contributed by atoms with van der Waals surface area (Å²) < 4.78 is 11.9. The summed E-state index contributed by atoms with van der Waals surface area (Å²) in [6.45, 7) is 1.76. The van der Waals surface area contributed by atoms with Crippen molar-refractivity contribution < 1.29 is 9.47 Å². The molecule has 152 valence electrons. The summed E-state index contributed by atoms with van der Waals surface area (Å²) >= 11 is 1.37. The average molecular weight is 421 g/mol. The van der Waals surface area contributed by atoms with Crippen molar-refractivity contribution in [3.05, 3.63) is 70.0 Å². The molecule has 4 aromatic rings. The van der Waals surface area contributed by atoms with Crippen molar-refractivity contribution >= 4 is 22.7 Å². The minimum absolute atomic E-state index is 0.205. The highest BCUT2D eigenvalue weighted by Gasteiger charge is 2.15. The van der Waals surface area contributed by atoms with Gasteiger partial charge in [-0.1, -0.05) is 30.3 Å². The van der Waals surface area contributed by atoms with Gasteiger partial charge >= 0.3 is 5.56 Å². The van der Waals surface area contributed by atoms with Gasteiger partial charge in [-0.15, -0.1) is 21.6 Å². The monoisotopic (exact) mass is 421 g/mol. The zero-order valence-electron chi connectivity index (χ0n) is 16.6.